The predicted molar refractivity (Wildman–Crippen MR) is 123 cm³/mol. The first-order chi connectivity index (χ1) is 14.9. The molecule has 1 heterocycles. The third-order valence-corrected chi connectivity index (χ3v) is 6.23. The van der Waals surface area contributed by atoms with Crippen LogP contribution in [0.2, 0.25) is 0 Å². The molecule has 0 aliphatic heterocycles. The summed E-state index contributed by atoms with van der Waals surface area (Å²) in [6.07, 6.45) is 4.82. The number of nitrogens with one attached hydrogen (secondary N) is 2. The Labute approximate surface area is 182 Å². The van der Waals surface area contributed by atoms with Crippen molar-refractivity contribution in [1.82, 2.24) is 9.55 Å². The number of carbonyl (C=O) groups excluding carboxylic acids is 1. The van der Waals surface area contributed by atoms with E-state index in [1.807, 2.05) is 27.0 Å². The van der Waals surface area contributed by atoms with Crippen LogP contribution in [0.5, 0.6) is 0 Å². The Morgan fingerprint density at radius 1 is 1.29 bits per heavy atom. The summed E-state index contributed by atoms with van der Waals surface area (Å²) in [7, 11) is 2.02. The first-order valence-corrected chi connectivity index (χ1v) is 11.2. The van der Waals surface area contributed by atoms with Crippen LogP contribution in [0.1, 0.15) is 56.7 Å². The Morgan fingerprint density at radius 3 is 2.74 bits per heavy atom. The second-order valence-corrected chi connectivity index (χ2v) is 8.30. The van der Waals surface area contributed by atoms with E-state index in [9.17, 15) is 14.4 Å². The van der Waals surface area contributed by atoms with Gasteiger partial charge in [-0.2, -0.15) is 0 Å². The van der Waals surface area contributed by atoms with Gasteiger partial charge in [0.25, 0.3) is 11.5 Å². The summed E-state index contributed by atoms with van der Waals surface area (Å²) in [5.74, 6) is -0.126. The van der Waals surface area contributed by atoms with Crippen LogP contribution in [-0.2, 0) is 17.8 Å². The van der Waals surface area contributed by atoms with E-state index >= 15 is 0 Å². The van der Waals surface area contributed by atoms with Crippen molar-refractivity contribution in [3.8, 4) is 0 Å². The highest BCUT2D eigenvalue weighted by Gasteiger charge is 2.31. The van der Waals surface area contributed by atoms with Gasteiger partial charge in [0.2, 0.25) is 0 Å². The van der Waals surface area contributed by atoms with Crippen molar-refractivity contribution in [2.24, 2.45) is 0 Å². The van der Waals surface area contributed by atoms with Crippen LogP contribution in [0.4, 0.5) is 11.5 Å². The van der Waals surface area contributed by atoms with Gasteiger partial charge in [0.15, 0.2) is 12.2 Å². The average molecular weight is 429 g/mol. The number of unbranched alkanes of at least 4 members (excludes halogenated alkanes) is 1. The van der Waals surface area contributed by atoms with Crippen molar-refractivity contribution < 1.29 is 9.69 Å². The summed E-state index contributed by atoms with van der Waals surface area (Å²) in [6, 6.07) is 8.65. The van der Waals surface area contributed by atoms with Crippen LogP contribution in [-0.4, -0.2) is 35.6 Å². The van der Waals surface area contributed by atoms with Crippen molar-refractivity contribution >= 4 is 17.4 Å². The van der Waals surface area contributed by atoms with Gasteiger partial charge in [0, 0.05) is 25.1 Å². The lowest BCUT2D eigenvalue weighted by molar-refractivity contribution is -0.905. The van der Waals surface area contributed by atoms with E-state index in [0.29, 0.717) is 13.1 Å². The van der Waals surface area contributed by atoms with Crippen molar-refractivity contribution in [3.63, 3.8) is 0 Å². The zero-order chi connectivity index (χ0) is 22.5. The van der Waals surface area contributed by atoms with Gasteiger partial charge >= 0.3 is 5.69 Å². The number of fused-ring (bicyclic) bond motifs is 1. The molecule has 2 aromatic rings. The summed E-state index contributed by atoms with van der Waals surface area (Å²) in [5.41, 5.74) is 7.78. The van der Waals surface area contributed by atoms with E-state index in [2.05, 4.69) is 23.2 Å². The third kappa shape index (κ3) is 4.74. The van der Waals surface area contributed by atoms with Gasteiger partial charge < -0.3 is 10.6 Å². The van der Waals surface area contributed by atoms with Gasteiger partial charge in [-0.05, 0) is 31.7 Å². The number of hydrogen-bond donors (Lipinski definition) is 3. The van der Waals surface area contributed by atoms with Crippen LogP contribution in [0.25, 0.3) is 0 Å². The maximum atomic E-state index is 13.3. The summed E-state index contributed by atoms with van der Waals surface area (Å²) in [4.78, 5) is 42.9. The molecule has 0 radical (unpaired) electrons. The molecule has 0 spiro atoms. The largest absolute Gasteiger partial charge is 0.383 e. The number of quaternary nitrogens is 1. The first-order valence-electron chi connectivity index (χ1n) is 11.2. The number of anilines is 2. The molecule has 0 saturated heterocycles. The summed E-state index contributed by atoms with van der Waals surface area (Å²) < 4.78 is 1.35. The molecule has 1 aromatic heterocycles. The van der Waals surface area contributed by atoms with E-state index in [1.165, 1.54) is 20.6 Å². The molecular formula is C23H34N5O3+. The maximum Gasteiger partial charge on any atom is 0.330 e. The Balaban J connectivity index is 1.86. The maximum absolute atomic E-state index is 13.3. The molecule has 1 aliphatic carbocycles. The van der Waals surface area contributed by atoms with Crippen molar-refractivity contribution in [2.45, 2.75) is 58.5 Å². The molecule has 8 heteroatoms. The Hall–Kier alpha value is -2.87. The van der Waals surface area contributed by atoms with E-state index in [-0.39, 0.29) is 30.0 Å². The van der Waals surface area contributed by atoms with E-state index in [1.54, 1.807) is 0 Å². The van der Waals surface area contributed by atoms with E-state index < -0.39 is 11.2 Å². The SMILES string of the molecule is CCCCn1c(N)c(N(CC)C(=O)C[NH+](C)[C@@H]2CCCc3ccccc32)c(=O)[nH]c1=O. The number of nitrogens with two attached hydrogens (primary N) is 1. The highest BCUT2D eigenvalue weighted by molar-refractivity contribution is 5.96. The van der Waals surface area contributed by atoms with E-state index in [4.69, 9.17) is 5.73 Å². The molecule has 0 saturated carbocycles. The number of likely N-dealkylation sites (N-methyl/N-ethyl adjacent to an activating group) is 2. The molecule has 168 valence electrons. The van der Waals surface area contributed by atoms with Crippen LogP contribution in [0.3, 0.4) is 0 Å². The Kier molecular flexibility index (Phi) is 7.33. The van der Waals surface area contributed by atoms with E-state index in [0.717, 1.165) is 37.0 Å². The lowest BCUT2D eigenvalue weighted by Crippen LogP contribution is -3.10. The van der Waals surface area contributed by atoms with Crippen molar-refractivity contribution in [2.75, 3.05) is 30.8 Å². The van der Waals surface area contributed by atoms with Crippen molar-refractivity contribution in [3.05, 3.63) is 56.2 Å². The zero-order valence-corrected chi connectivity index (χ0v) is 18.7. The van der Waals surface area contributed by atoms with Gasteiger partial charge in [-0.3, -0.25) is 24.0 Å². The smallest absolute Gasteiger partial charge is 0.330 e. The number of carbonyl (C=O) groups is 1. The van der Waals surface area contributed by atoms with Crippen LogP contribution < -0.4 is 26.8 Å². The zero-order valence-electron chi connectivity index (χ0n) is 18.7. The first kappa shape index (κ1) is 22.8. The highest BCUT2D eigenvalue weighted by Crippen LogP contribution is 2.27. The number of nitrogen functional groups attached to an aromatic ring is 1. The number of amides is 1. The molecule has 1 unspecified atom stereocenters. The summed E-state index contributed by atoms with van der Waals surface area (Å²) >= 11 is 0. The molecule has 1 aromatic carbocycles. The molecule has 8 nitrogen and oxygen atoms in total. The minimum Gasteiger partial charge on any atom is -0.383 e. The number of hydrogen-bond acceptors (Lipinski definition) is 4. The fraction of sp³-hybridized carbons (Fsp3) is 0.522. The van der Waals surface area contributed by atoms with Crippen LogP contribution >= 0.6 is 0 Å². The topological polar surface area (TPSA) is 106 Å². The molecule has 4 N–H and O–H groups in total. The number of aromatic nitrogens is 2. The molecule has 31 heavy (non-hydrogen) atoms. The standard InChI is InChI=1S/C23H33N5O3/c1-4-6-14-28-21(24)20(22(30)25-23(28)31)27(5-2)19(29)15-26(3)18-13-9-11-16-10-7-8-12-17(16)18/h7-8,10,12,18H,4-6,9,11,13-15,24H2,1-3H3,(H,25,30,31)/p+1/t18-/m1/s1. The molecule has 1 amide bonds. The van der Waals surface area contributed by atoms with Crippen LogP contribution in [0, 0.1) is 0 Å². The molecule has 2 atom stereocenters. The van der Waals surface area contributed by atoms with Crippen LogP contribution in [0.15, 0.2) is 33.9 Å². The monoisotopic (exact) mass is 428 g/mol. The molecule has 1 aliphatic rings. The Morgan fingerprint density at radius 2 is 2.03 bits per heavy atom. The van der Waals surface area contributed by atoms with Crippen molar-refractivity contribution in [1.29, 1.82) is 0 Å². The normalized spacial score (nSPS) is 16.5. The second-order valence-electron chi connectivity index (χ2n) is 8.30. The number of nitrogens with zero attached hydrogens (tertiary/aromatic N) is 2. The average Bonchev–Trinajstić information content (AvgIpc) is 2.75. The second kappa shape index (κ2) is 9.96. The Bertz CT molecular complexity index is 1040. The fourth-order valence-corrected chi connectivity index (χ4v) is 4.56. The highest BCUT2D eigenvalue weighted by atomic mass is 16.2. The van der Waals surface area contributed by atoms with Gasteiger partial charge in [-0.1, -0.05) is 37.6 Å². The number of H-pyrrole nitrogens is 1. The van der Waals surface area contributed by atoms with Gasteiger partial charge in [-0.25, -0.2) is 4.79 Å². The molecule has 0 bridgehead atoms. The molecular weight excluding hydrogens is 394 g/mol. The third-order valence-electron chi connectivity index (χ3n) is 6.23. The molecule has 0 fully saturated rings. The quantitative estimate of drug-likeness (QED) is 0.580. The lowest BCUT2D eigenvalue weighted by Gasteiger charge is -2.31. The number of aryl methyl sites for hydroxylation is 1. The van der Waals surface area contributed by atoms with Gasteiger partial charge in [-0.15, -0.1) is 0 Å². The summed E-state index contributed by atoms with van der Waals surface area (Å²) in [5, 5.41) is 0. The predicted octanol–water partition coefficient (Wildman–Crippen LogP) is 0.864. The summed E-state index contributed by atoms with van der Waals surface area (Å²) in [6.45, 7) is 4.76. The minimum absolute atomic E-state index is 0.0538. The van der Waals surface area contributed by atoms with Gasteiger partial charge in [0.1, 0.15) is 11.9 Å². The number of aromatic amines is 1. The fourth-order valence-electron chi connectivity index (χ4n) is 4.56. The van der Waals surface area contributed by atoms with Gasteiger partial charge in [0.05, 0.1) is 7.05 Å². The number of benzene rings is 1. The molecule has 3 rings (SSSR count). The lowest BCUT2D eigenvalue weighted by atomic mass is 9.87. The minimum atomic E-state index is -0.619. The number of rotatable bonds is 8.